The maximum Gasteiger partial charge on any atom is 0.0613 e. The van der Waals surface area contributed by atoms with Crippen LogP contribution in [0.2, 0.25) is 0 Å². The highest BCUT2D eigenvalue weighted by atomic mass is 16.5. The van der Waals surface area contributed by atoms with Gasteiger partial charge in [-0.2, -0.15) is 0 Å². The highest BCUT2D eigenvalue weighted by Gasteiger charge is 2.07. The van der Waals surface area contributed by atoms with Crippen molar-refractivity contribution < 1.29 is 9.47 Å². The average molecular weight is 246 g/mol. The summed E-state index contributed by atoms with van der Waals surface area (Å²) in [7, 11) is 3.49. The Balaban J connectivity index is 3.73. The summed E-state index contributed by atoms with van der Waals surface area (Å²) in [6.45, 7) is 12.4. The van der Waals surface area contributed by atoms with Crippen LogP contribution in [-0.4, -0.2) is 64.6 Å². The van der Waals surface area contributed by atoms with Crippen molar-refractivity contribution in [3.63, 3.8) is 0 Å². The Morgan fingerprint density at radius 2 is 1.76 bits per heavy atom. The predicted molar refractivity (Wildman–Crippen MR) is 72.5 cm³/mol. The predicted octanol–water partition coefficient (Wildman–Crippen LogP) is 1.22. The Morgan fingerprint density at radius 1 is 1.06 bits per heavy atom. The third-order valence-electron chi connectivity index (χ3n) is 2.57. The second kappa shape index (κ2) is 11.0. The van der Waals surface area contributed by atoms with Crippen molar-refractivity contribution in [2.24, 2.45) is 5.92 Å². The Kier molecular flexibility index (Phi) is 10.9. The highest BCUT2D eigenvalue weighted by Crippen LogP contribution is 1.98. The summed E-state index contributed by atoms with van der Waals surface area (Å²) < 4.78 is 10.2. The van der Waals surface area contributed by atoms with Crippen molar-refractivity contribution in [3.05, 3.63) is 0 Å². The van der Waals surface area contributed by atoms with Crippen LogP contribution in [0, 0.1) is 5.92 Å². The first kappa shape index (κ1) is 16.8. The van der Waals surface area contributed by atoms with E-state index in [0.29, 0.717) is 12.0 Å². The molecule has 0 aliphatic rings. The zero-order valence-electron chi connectivity index (χ0n) is 12.2. The van der Waals surface area contributed by atoms with Gasteiger partial charge in [0.25, 0.3) is 0 Å². The first-order chi connectivity index (χ1) is 8.10. The maximum absolute atomic E-state index is 5.14. The van der Waals surface area contributed by atoms with Gasteiger partial charge in [0.05, 0.1) is 13.2 Å². The molecule has 0 spiro atoms. The molecule has 0 bridgehead atoms. The van der Waals surface area contributed by atoms with Gasteiger partial charge in [-0.3, -0.25) is 4.90 Å². The van der Waals surface area contributed by atoms with Crippen LogP contribution in [0.5, 0.6) is 0 Å². The van der Waals surface area contributed by atoms with Crippen LogP contribution in [0.3, 0.4) is 0 Å². The molecule has 0 amide bonds. The van der Waals surface area contributed by atoms with Crippen molar-refractivity contribution in [1.29, 1.82) is 0 Å². The molecule has 0 fully saturated rings. The zero-order valence-corrected chi connectivity index (χ0v) is 12.2. The second-order valence-electron chi connectivity index (χ2n) is 5.00. The van der Waals surface area contributed by atoms with Gasteiger partial charge >= 0.3 is 0 Å². The van der Waals surface area contributed by atoms with E-state index in [4.69, 9.17) is 9.47 Å². The number of nitrogens with one attached hydrogen (secondary N) is 1. The lowest BCUT2D eigenvalue weighted by atomic mass is 10.2. The van der Waals surface area contributed by atoms with Gasteiger partial charge in [-0.25, -0.2) is 0 Å². The van der Waals surface area contributed by atoms with Crippen molar-refractivity contribution in [3.8, 4) is 0 Å². The van der Waals surface area contributed by atoms with E-state index in [1.165, 1.54) is 0 Å². The molecule has 0 aromatic carbocycles. The molecule has 0 heterocycles. The summed E-state index contributed by atoms with van der Waals surface area (Å²) in [6.07, 6.45) is 0. The van der Waals surface area contributed by atoms with E-state index >= 15 is 0 Å². The molecule has 1 unspecified atom stereocenters. The van der Waals surface area contributed by atoms with E-state index < -0.39 is 0 Å². The molecule has 4 nitrogen and oxygen atoms in total. The fraction of sp³-hybridized carbons (Fsp3) is 1.00. The molecule has 0 aliphatic heterocycles. The SMILES string of the molecule is COCCN(CCNC(C)COC)CC(C)C. The average Bonchev–Trinajstić information content (AvgIpc) is 2.25. The number of nitrogens with zero attached hydrogens (tertiary/aromatic N) is 1. The minimum absolute atomic E-state index is 0.420. The van der Waals surface area contributed by atoms with Gasteiger partial charge in [-0.05, 0) is 12.8 Å². The molecule has 0 aromatic rings. The van der Waals surface area contributed by atoms with Crippen LogP contribution in [0.4, 0.5) is 0 Å². The maximum atomic E-state index is 5.14. The number of methoxy groups -OCH3 is 2. The minimum Gasteiger partial charge on any atom is -0.383 e. The van der Waals surface area contributed by atoms with Gasteiger partial charge in [-0.1, -0.05) is 13.8 Å². The molecular formula is C13H30N2O2. The molecule has 0 saturated carbocycles. The first-order valence-corrected chi connectivity index (χ1v) is 6.53. The largest absolute Gasteiger partial charge is 0.383 e. The zero-order chi connectivity index (χ0) is 13.1. The van der Waals surface area contributed by atoms with E-state index in [1.807, 2.05) is 0 Å². The standard InChI is InChI=1S/C13H30N2O2/c1-12(2)10-15(8-9-16-4)7-6-14-13(3)11-17-5/h12-14H,6-11H2,1-5H3. The number of hydrogen-bond acceptors (Lipinski definition) is 4. The lowest BCUT2D eigenvalue weighted by Crippen LogP contribution is -2.40. The molecule has 4 heteroatoms. The summed E-state index contributed by atoms with van der Waals surface area (Å²) in [5, 5.41) is 3.46. The van der Waals surface area contributed by atoms with Gasteiger partial charge in [0, 0.05) is 46.4 Å². The Labute approximate surface area is 107 Å². The summed E-state index contributed by atoms with van der Waals surface area (Å²) in [4.78, 5) is 2.45. The molecule has 0 aromatic heterocycles. The normalized spacial score (nSPS) is 13.6. The van der Waals surface area contributed by atoms with Gasteiger partial charge < -0.3 is 14.8 Å². The second-order valence-corrected chi connectivity index (χ2v) is 5.00. The monoisotopic (exact) mass is 246 g/mol. The first-order valence-electron chi connectivity index (χ1n) is 6.53. The van der Waals surface area contributed by atoms with Crippen LogP contribution in [0.25, 0.3) is 0 Å². The van der Waals surface area contributed by atoms with Crippen molar-refractivity contribution in [2.75, 3.05) is 53.6 Å². The molecule has 0 rings (SSSR count). The number of ether oxygens (including phenoxy) is 2. The fourth-order valence-electron chi connectivity index (χ4n) is 1.81. The topological polar surface area (TPSA) is 33.7 Å². The fourth-order valence-corrected chi connectivity index (χ4v) is 1.81. The highest BCUT2D eigenvalue weighted by molar-refractivity contribution is 4.65. The molecule has 0 aliphatic carbocycles. The van der Waals surface area contributed by atoms with E-state index in [-0.39, 0.29) is 0 Å². The summed E-state index contributed by atoms with van der Waals surface area (Å²) in [5.41, 5.74) is 0. The lowest BCUT2D eigenvalue weighted by molar-refractivity contribution is 0.136. The van der Waals surface area contributed by atoms with E-state index in [0.717, 1.165) is 39.4 Å². The van der Waals surface area contributed by atoms with Crippen LogP contribution in [-0.2, 0) is 9.47 Å². The van der Waals surface area contributed by atoms with E-state index in [1.54, 1.807) is 14.2 Å². The van der Waals surface area contributed by atoms with Crippen LogP contribution >= 0.6 is 0 Å². The van der Waals surface area contributed by atoms with Crippen molar-refractivity contribution in [1.82, 2.24) is 10.2 Å². The number of hydrogen-bond donors (Lipinski definition) is 1. The minimum atomic E-state index is 0.420. The third kappa shape index (κ3) is 10.7. The summed E-state index contributed by atoms with van der Waals surface area (Å²) >= 11 is 0. The van der Waals surface area contributed by atoms with Crippen molar-refractivity contribution in [2.45, 2.75) is 26.8 Å². The van der Waals surface area contributed by atoms with Crippen LogP contribution in [0.15, 0.2) is 0 Å². The summed E-state index contributed by atoms with van der Waals surface area (Å²) in [6, 6.07) is 0.420. The lowest BCUT2D eigenvalue weighted by Gasteiger charge is -2.24. The molecule has 17 heavy (non-hydrogen) atoms. The van der Waals surface area contributed by atoms with Crippen LogP contribution in [0.1, 0.15) is 20.8 Å². The van der Waals surface area contributed by atoms with Gasteiger partial charge in [-0.15, -0.1) is 0 Å². The Morgan fingerprint density at radius 3 is 2.29 bits per heavy atom. The molecule has 0 saturated heterocycles. The van der Waals surface area contributed by atoms with Gasteiger partial charge in [0.15, 0.2) is 0 Å². The molecule has 1 N–H and O–H groups in total. The van der Waals surface area contributed by atoms with Gasteiger partial charge in [0.1, 0.15) is 0 Å². The Bertz CT molecular complexity index is 165. The third-order valence-corrected chi connectivity index (χ3v) is 2.57. The Hall–Kier alpha value is -0.160. The van der Waals surface area contributed by atoms with E-state index in [9.17, 15) is 0 Å². The van der Waals surface area contributed by atoms with Gasteiger partial charge in [0.2, 0.25) is 0 Å². The molecule has 104 valence electrons. The van der Waals surface area contributed by atoms with Crippen molar-refractivity contribution >= 4 is 0 Å². The molecule has 0 radical (unpaired) electrons. The quantitative estimate of drug-likeness (QED) is 0.594. The number of rotatable bonds is 11. The van der Waals surface area contributed by atoms with E-state index in [2.05, 4.69) is 31.0 Å². The molecule has 1 atom stereocenters. The smallest absolute Gasteiger partial charge is 0.0613 e. The van der Waals surface area contributed by atoms with Crippen LogP contribution < -0.4 is 5.32 Å². The molecular weight excluding hydrogens is 216 g/mol. The summed E-state index contributed by atoms with van der Waals surface area (Å²) in [5.74, 6) is 0.697.